The predicted molar refractivity (Wildman–Crippen MR) is 71.7 cm³/mol. The minimum atomic E-state index is -1.24. The first kappa shape index (κ1) is 13.5. The summed E-state index contributed by atoms with van der Waals surface area (Å²) in [5.74, 6) is -1.07. The molecule has 102 valence electrons. The van der Waals surface area contributed by atoms with Crippen molar-refractivity contribution in [2.75, 3.05) is 18.1 Å². The molecule has 5 heteroatoms. The van der Waals surface area contributed by atoms with Gasteiger partial charge in [-0.1, -0.05) is 18.2 Å². The summed E-state index contributed by atoms with van der Waals surface area (Å²) >= 11 is 0. The van der Waals surface area contributed by atoms with E-state index in [0.29, 0.717) is 6.54 Å². The van der Waals surface area contributed by atoms with Crippen LogP contribution in [0, 0.1) is 0 Å². The van der Waals surface area contributed by atoms with Crippen molar-refractivity contribution >= 4 is 17.6 Å². The molecular weight excluding hydrogens is 244 g/mol. The number of hydrogen-bond donors (Lipinski definition) is 1. The highest BCUT2D eigenvalue weighted by Gasteiger charge is 2.31. The van der Waals surface area contributed by atoms with E-state index in [0.717, 1.165) is 24.1 Å². The molecule has 0 aliphatic carbocycles. The zero-order valence-electron chi connectivity index (χ0n) is 11.0. The van der Waals surface area contributed by atoms with Gasteiger partial charge in [0.25, 0.3) is 5.91 Å². The van der Waals surface area contributed by atoms with Crippen molar-refractivity contribution < 1.29 is 14.3 Å². The Morgan fingerprint density at radius 2 is 2.16 bits per heavy atom. The summed E-state index contributed by atoms with van der Waals surface area (Å²) in [6, 6.07) is 6.44. The van der Waals surface area contributed by atoms with E-state index in [4.69, 9.17) is 10.5 Å². The summed E-state index contributed by atoms with van der Waals surface area (Å²) in [4.78, 5) is 25.4. The Morgan fingerprint density at radius 3 is 2.89 bits per heavy atom. The molecule has 1 aromatic rings. The fourth-order valence-corrected chi connectivity index (χ4v) is 2.26. The highest BCUT2D eigenvalue weighted by Crippen LogP contribution is 2.27. The minimum absolute atomic E-state index is 0.219. The molecule has 0 saturated heterocycles. The molecule has 2 N–H and O–H groups in total. The SMILES string of the molecule is CCOC(=O)C(N)C(=O)N1CCCc2ccccc21. The second-order valence-electron chi connectivity index (χ2n) is 4.45. The Balaban J connectivity index is 2.19. The van der Waals surface area contributed by atoms with Gasteiger partial charge in [-0.15, -0.1) is 0 Å². The molecule has 0 spiro atoms. The zero-order chi connectivity index (χ0) is 13.8. The third-order valence-electron chi connectivity index (χ3n) is 3.18. The van der Waals surface area contributed by atoms with Gasteiger partial charge in [0, 0.05) is 12.2 Å². The summed E-state index contributed by atoms with van der Waals surface area (Å²) < 4.78 is 4.79. The first-order valence-electron chi connectivity index (χ1n) is 6.46. The Hall–Kier alpha value is -1.88. The minimum Gasteiger partial charge on any atom is -0.464 e. The average molecular weight is 262 g/mol. The van der Waals surface area contributed by atoms with Crippen LogP contribution >= 0.6 is 0 Å². The molecule has 0 fully saturated rings. The van der Waals surface area contributed by atoms with E-state index in [9.17, 15) is 9.59 Å². The summed E-state index contributed by atoms with van der Waals surface area (Å²) in [5.41, 5.74) is 7.62. The number of esters is 1. The molecule has 1 amide bonds. The van der Waals surface area contributed by atoms with E-state index in [-0.39, 0.29) is 6.61 Å². The van der Waals surface area contributed by atoms with Gasteiger partial charge in [0.2, 0.25) is 0 Å². The van der Waals surface area contributed by atoms with Gasteiger partial charge in [-0.05, 0) is 31.4 Å². The lowest BCUT2D eigenvalue weighted by molar-refractivity contribution is -0.147. The van der Waals surface area contributed by atoms with Crippen LogP contribution in [0.4, 0.5) is 5.69 Å². The zero-order valence-corrected chi connectivity index (χ0v) is 11.0. The van der Waals surface area contributed by atoms with E-state index in [1.807, 2.05) is 24.3 Å². The lowest BCUT2D eigenvalue weighted by Gasteiger charge is -2.30. The van der Waals surface area contributed by atoms with Crippen LogP contribution in [0.3, 0.4) is 0 Å². The van der Waals surface area contributed by atoms with Crippen LogP contribution in [0.15, 0.2) is 24.3 Å². The van der Waals surface area contributed by atoms with Gasteiger partial charge in [0.05, 0.1) is 6.61 Å². The summed E-state index contributed by atoms with van der Waals surface area (Å²) in [6.45, 7) is 2.49. The van der Waals surface area contributed by atoms with E-state index in [1.54, 1.807) is 11.8 Å². The van der Waals surface area contributed by atoms with Crippen LogP contribution in [0.5, 0.6) is 0 Å². The average Bonchev–Trinajstić information content (AvgIpc) is 2.45. The molecule has 2 rings (SSSR count). The van der Waals surface area contributed by atoms with Crippen molar-refractivity contribution in [2.24, 2.45) is 5.73 Å². The van der Waals surface area contributed by atoms with Gasteiger partial charge in [-0.25, -0.2) is 4.79 Å². The molecule has 0 saturated carbocycles. The summed E-state index contributed by atoms with van der Waals surface area (Å²) in [7, 11) is 0. The molecule has 1 heterocycles. The van der Waals surface area contributed by atoms with Crippen molar-refractivity contribution in [3.8, 4) is 0 Å². The van der Waals surface area contributed by atoms with Gasteiger partial charge in [-0.3, -0.25) is 4.79 Å². The number of amides is 1. The molecule has 19 heavy (non-hydrogen) atoms. The maximum Gasteiger partial charge on any atom is 0.332 e. The molecule has 0 aromatic heterocycles. The normalized spacial score (nSPS) is 15.6. The topological polar surface area (TPSA) is 72.6 Å². The van der Waals surface area contributed by atoms with Crippen LogP contribution < -0.4 is 10.6 Å². The number of benzene rings is 1. The van der Waals surface area contributed by atoms with Gasteiger partial charge in [0.1, 0.15) is 0 Å². The third kappa shape index (κ3) is 2.76. The molecule has 0 bridgehead atoms. The molecule has 1 aliphatic heterocycles. The van der Waals surface area contributed by atoms with E-state index >= 15 is 0 Å². The van der Waals surface area contributed by atoms with Crippen LogP contribution in [0.2, 0.25) is 0 Å². The molecule has 1 atom stereocenters. The molecule has 0 radical (unpaired) electrons. The number of nitrogens with two attached hydrogens (primary N) is 1. The number of ether oxygens (including phenoxy) is 1. The largest absolute Gasteiger partial charge is 0.464 e. The quantitative estimate of drug-likeness (QED) is 0.647. The van der Waals surface area contributed by atoms with E-state index < -0.39 is 17.9 Å². The van der Waals surface area contributed by atoms with Crippen molar-refractivity contribution in [3.63, 3.8) is 0 Å². The van der Waals surface area contributed by atoms with Crippen LogP contribution in [0.1, 0.15) is 18.9 Å². The number of carbonyl (C=O) groups is 2. The summed E-state index contributed by atoms with van der Waals surface area (Å²) in [5, 5.41) is 0. The number of fused-ring (bicyclic) bond motifs is 1. The van der Waals surface area contributed by atoms with Gasteiger partial charge >= 0.3 is 5.97 Å². The number of rotatable bonds is 3. The van der Waals surface area contributed by atoms with Crippen LogP contribution in [0.25, 0.3) is 0 Å². The van der Waals surface area contributed by atoms with E-state index in [1.165, 1.54) is 0 Å². The first-order valence-corrected chi connectivity index (χ1v) is 6.46. The number of anilines is 1. The first-order chi connectivity index (χ1) is 9.15. The van der Waals surface area contributed by atoms with Crippen LogP contribution in [-0.2, 0) is 20.7 Å². The van der Waals surface area contributed by atoms with Crippen molar-refractivity contribution in [1.29, 1.82) is 0 Å². The fraction of sp³-hybridized carbons (Fsp3) is 0.429. The molecule has 1 unspecified atom stereocenters. The number of hydrogen-bond acceptors (Lipinski definition) is 4. The number of aryl methyl sites for hydroxylation is 1. The molecular formula is C14H18N2O3. The predicted octanol–water partition coefficient (Wildman–Crippen LogP) is 0.856. The molecule has 5 nitrogen and oxygen atoms in total. The second-order valence-corrected chi connectivity index (χ2v) is 4.45. The fourth-order valence-electron chi connectivity index (χ4n) is 2.26. The second kappa shape index (κ2) is 5.84. The number of para-hydroxylation sites is 1. The molecule has 1 aliphatic rings. The highest BCUT2D eigenvalue weighted by atomic mass is 16.5. The highest BCUT2D eigenvalue weighted by molar-refractivity contribution is 6.09. The lowest BCUT2D eigenvalue weighted by Crippen LogP contribution is -2.50. The maximum atomic E-state index is 12.3. The van der Waals surface area contributed by atoms with Crippen molar-refractivity contribution in [3.05, 3.63) is 29.8 Å². The summed E-state index contributed by atoms with van der Waals surface area (Å²) in [6.07, 6.45) is 1.81. The van der Waals surface area contributed by atoms with Gasteiger partial charge < -0.3 is 15.4 Å². The number of nitrogens with zero attached hydrogens (tertiary/aromatic N) is 1. The van der Waals surface area contributed by atoms with E-state index in [2.05, 4.69) is 0 Å². The maximum absolute atomic E-state index is 12.3. The molecule has 1 aromatic carbocycles. The van der Waals surface area contributed by atoms with Crippen molar-refractivity contribution in [2.45, 2.75) is 25.8 Å². The number of carbonyl (C=O) groups excluding carboxylic acids is 2. The monoisotopic (exact) mass is 262 g/mol. The van der Waals surface area contributed by atoms with Gasteiger partial charge in [-0.2, -0.15) is 0 Å². The lowest BCUT2D eigenvalue weighted by atomic mass is 10.0. The smallest absolute Gasteiger partial charge is 0.332 e. The Labute approximate surface area is 112 Å². The standard InChI is InChI=1S/C14H18N2O3/c1-2-19-14(18)12(15)13(17)16-9-5-7-10-6-3-4-8-11(10)16/h3-4,6,8,12H,2,5,7,9,15H2,1H3. The Bertz CT molecular complexity index is 487. The third-order valence-corrected chi connectivity index (χ3v) is 3.18. The Morgan fingerprint density at radius 1 is 1.42 bits per heavy atom. The Kier molecular flexibility index (Phi) is 4.16. The van der Waals surface area contributed by atoms with Crippen LogP contribution in [-0.4, -0.2) is 31.1 Å². The van der Waals surface area contributed by atoms with Gasteiger partial charge in [0.15, 0.2) is 6.04 Å². The van der Waals surface area contributed by atoms with Crippen molar-refractivity contribution in [1.82, 2.24) is 0 Å².